The van der Waals surface area contributed by atoms with Crippen LogP contribution in [-0.4, -0.2) is 34.7 Å². The first kappa shape index (κ1) is 17.6. The minimum Gasteiger partial charge on any atom is -0.322 e. The summed E-state index contributed by atoms with van der Waals surface area (Å²) in [6.45, 7) is 1.84. The van der Waals surface area contributed by atoms with Crippen molar-refractivity contribution in [2.24, 2.45) is 0 Å². The maximum Gasteiger partial charge on any atom is 0.326 e. The van der Waals surface area contributed by atoms with Crippen molar-refractivity contribution in [2.75, 3.05) is 34.3 Å². The maximum absolute atomic E-state index is 12.5. The molecule has 0 saturated heterocycles. The van der Waals surface area contributed by atoms with Gasteiger partial charge in [0.15, 0.2) is 0 Å². The maximum atomic E-state index is 12.5. The molecule has 1 heterocycles. The summed E-state index contributed by atoms with van der Waals surface area (Å²) in [5.41, 5.74) is 3.08. The molecule has 1 aliphatic heterocycles. The second-order valence-electron chi connectivity index (χ2n) is 5.78. The molecule has 1 aliphatic rings. The van der Waals surface area contributed by atoms with Crippen LogP contribution in [0.25, 0.3) is 0 Å². The molecule has 6 nitrogen and oxygen atoms in total. The molecule has 0 fully saturated rings. The fraction of sp³-hybridized carbons (Fsp3) is 0.235. The fourth-order valence-electron chi connectivity index (χ4n) is 2.69. The van der Waals surface area contributed by atoms with Crippen LogP contribution in [0.2, 0.25) is 0 Å². The summed E-state index contributed by atoms with van der Waals surface area (Å²) in [6, 6.07) is 10.8. The van der Waals surface area contributed by atoms with E-state index in [4.69, 9.17) is 0 Å². The molecule has 0 bridgehead atoms. The molecule has 8 heteroatoms. The van der Waals surface area contributed by atoms with Crippen molar-refractivity contribution in [3.05, 3.63) is 47.5 Å². The minimum absolute atomic E-state index is 0.229. The summed E-state index contributed by atoms with van der Waals surface area (Å²) in [7, 11) is -0.517. The van der Waals surface area contributed by atoms with Crippen molar-refractivity contribution >= 4 is 44.9 Å². The van der Waals surface area contributed by atoms with Crippen molar-refractivity contribution in [1.82, 2.24) is 0 Å². The van der Waals surface area contributed by atoms with Gasteiger partial charge in [-0.3, -0.25) is 13.4 Å². The van der Waals surface area contributed by atoms with Crippen LogP contribution in [0.5, 0.6) is 0 Å². The van der Waals surface area contributed by atoms with E-state index in [1.165, 1.54) is 22.7 Å². The van der Waals surface area contributed by atoms with Crippen molar-refractivity contribution < 1.29 is 13.2 Å². The van der Waals surface area contributed by atoms with Crippen LogP contribution < -0.4 is 13.9 Å². The van der Waals surface area contributed by atoms with E-state index in [1.54, 1.807) is 36.0 Å². The van der Waals surface area contributed by atoms with Gasteiger partial charge in [0, 0.05) is 30.2 Å². The average Bonchev–Trinajstić information content (AvgIpc) is 2.76. The number of fused-ring (bicyclic) bond motifs is 1. The Bertz CT molecular complexity index is 940. The van der Waals surface area contributed by atoms with Gasteiger partial charge in [0.1, 0.15) is 0 Å². The molecule has 1 N–H and O–H groups in total. The Balaban J connectivity index is 1.92. The highest BCUT2D eigenvalue weighted by atomic mass is 32.2. The monoisotopic (exact) mass is 377 g/mol. The SMILES string of the molecule is CSc1ccc(C(=O)Nc2cc3c(cc2C)N(C)S(=O)(=O)N3C)cc1. The molecule has 0 radical (unpaired) electrons. The summed E-state index contributed by atoms with van der Waals surface area (Å²) in [5, 5.41) is 2.87. The lowest BCUT2D eigenvalue weighted by Gasteiger charge is -2.13. The third-order valence-electron chi connectivity index (χ3n) is 4.29. The van der Waals surface area contributed by atoms with Gasteiger partial charge < -0.3 is 5.32 Å². The number of thioether (sulfide) groups is 1. The molecular weight excluding hydrogens is 358 g/mol. The van der Waals surface area contributed by atoms with Gasteiger partial charge in [-0.15, -0.1) is 11.8 Å². The zero-order chi connectivity index (χ0) is 18.4. The highest BCUT2D eigenvalue weighted by Gasteiger charge is 2.36. The quantitative estimate of drug-likeness (QED) is 0.835. The summed E-state index contributed by atoms with van der Waals surface area (Å²) in [4.78, 5) is 13.6. The number of benzene rings is 2. The molecule has 0 saturated carbocycles. The minimum atomic E-state index is -3.53. The summed E-state index contributed by atoms with van der Waals surface area (Å²) < 4.78 is 26.9. The Labute approximate surface area is 152 Å². The van der Waals surface area contributed by atoms with Crippen LogP contribution in [0.3, 0.4) is 0 Å². The zero-order valence-corrected chi connectivity index (χ0v) is 16.0. The predicted molar refractivity (Wildman–Crippen MR) is 103 cm³/mol. The summed E-state index contributed by atoms with van der Waals surface area (Å²) in [5.74, 6) is -0.229. The highest BCUT2D eigenvalue weighted by molar-refractivity contribution is 7.98. The van der Waals surface area contributed by atoms with Crippen molar-refractivity contribution in [2.45, 2.75) is 11.8 Å². The van der Waals surface area contributed by atoms with Gasteiger partial charge in [0.25, 0.3) is 5.91 Å². The molecule has 0 unspecified atom stereocenters. The normalized spacial score (nSPS) is 15.2. The molecule has 2 aromatic carbocycles. The lowest BCUT2D eigenvalue weighted by molar-refractivity contribution is 0.102. The van der Waals surface area contributed by atoms with Gasteiger partial charge >= 0.3 is 10.2 Å². The molecule has 0 spiro atoms. The van der Waals surface area contributed by atoms with E-state index < -0.39 is 10.2 Å². The first-order chi connectivity index (χ1) is 11.8. The molecule has 1 amide bonds. The smallest absolute Gasteiger partial charge is 0.322 e. The number of nitrogens with one attached hydrogen (secondary N) is 1. The lowest BCUT2D eigenvalue weighted by Crippen LogP contribution is -2.32. The molecule has 0 aromatic heterocycles. The number of hydrogen-bond acceptors (Lipinski definition) is 4. The largest absolute Gasteiger partial charge is 0.326 e. The van der Waals surface area contributed by atoms with E-state index in [2.05, 4.69) is 5.32 Å². The van der Waals surface area contributed by atoms with Gasteiger partial charge in [-0.1, -0.05) is 0 Å². The number of carbonyl (C=O) groups excluding carboxylic acids is 1. The third-order valence-corrected chi connectivity index (χ3v) is 6.81. The molecule has 132 valence electrons. The fourth-order valence-corrected chi connectivity index (χ4v) is 4.25. The van der Waals surface area contributed by atoms with E-state index >= 15 is 0 Å². The standard InChI is InChI=1S/C17H19N3O3S2/c1-11-9-15-16(20(3)25(22,23)19(15)2)10-14(11)18-17(21)12-5-7-13(24-4)8-6-12/h5-10H,1-4H3,(H,18,21). The number of anilines is 3. The van der Waals surface area contributed by atoms with E-state index in [0.717, 1.165) is 10.5 Å². The Morgan fingerprint density at radius 1 is 1.04 bits per heavy atom. The number of carbonyl (C=O) groups is 1. The molecule has 25 heavy (non-hydrogen) atoms. The zero-order valence-electron chi connectivity index (χ0n) is 14.4. The second-order valence-corrected chi connectivity index (χ2v) is 8.65. The first-order valence-corrected chi connectivity index (χ1v) is 10.2. The average molecular weight is 377 g/mol. The van der Waals surface area contributed by atoms with Crippen molar-refractivity contribution in [3.8, 4) is 0 Å². The summed E-state index contributed by atoms with van der Waals surface area (Å²) in [6.07, 6.45) is 1.98. The molecule has 0 atom stereocenters. The number of nitrogens with zero attached hydrogens (tertiary/aromatic N) is 2. The Morgan fingerprint density at radius 3 is 2.16 bits per heavy atom. The van der Waals surface area contributed by atoms with Crippen LogP contribution in [0.15, 0.2) is 41.3 Å². The number of amides is 1. The predicted octanol–water partition coefficient (Wildman–Crippen LogP) is 3.10. The second kappa shape index (κ2) is 6.27. The topological polar surface area (TPSA) is 69.7 Å². The Kier molecular flexibility index (Phi) is 4.42. The van der Waals surface area contributed by atoms with Crippen LogP contribution in [0.1, 0.15) is 15.9 Å². The van der Waals surface area contributed by atoms with Gasteiger partial charge in [-0.2, -0.15) is 8.42 Å². The molecule has 2 aromatic rings. The number of aryl methyl sites for hydroxylation is 1. The number of rotatable bonds is 3. The van der Waals surface area contributed by atoms with E-state index in [0.29, 0.717) is 22.6 Å². The Hall–Kier alpha value is -2.19. The van der Waals surface area contributed by atoms with Crippen LogP contribution >= 0.6 is 11.8 Å². The van der Waals surface area contributed by atoms with E-state index in [-0.39, 0.29) is 5.91 Å². The van der Waals surface area contributed by atoms with Gasteiger partial charge in [0.2, 0.25) is 0 Å². The van der Waals surface area contributed by atoms with Gasteiger partial charge in [-0.05, 0) is 55.1 Å². The third kappa shape index (κ3) is 2.96. The van der Waals surface area contributed by atoms with Crippen LogP contribution in [0, 0.1) is 6.92 Å². The first-order valence-electron chi connectivity index (χ1n) is 7.58. The van der Waals surface area contributed by atoms with E-state index in [1.807, 2.05) is 25.3 Å². The van der Waals surface area contributed by atoms with Crippen molar-refractivity contribution in [1.29, 1.82) is 0 Å². The van der Waals surface area contributed by atoms with Crippen LogP contribution in [0.4, 0.5) is 17.1 Å². The van der Waals surface area contributed by atoms with Crippen molar-refractivity contribution in [3.63, 3.8) is 0 Å². The summed E-state index contributed by atoms with van der Waals surface area (Å²) >= 11 is 1.61. The van der Waals surface area contributed by atoms with Gasteiger partial charge in [-0.25, -0.2) is 0 Å². The molecule has 3 rings (SSSR count). The Morgan fingerprint density at radius 2 is 1.60 bits per heavy atom. The molecule has 0 aliphatic carbocycles. The van der Waals surface area contributed by atoms with Crippen LogP contribution in [-0.2, 0) is 10.2 Å². The molecular formula is C17H19N3O3S2. The highest BCUT2D eigenvalue weighted by Crippen LogP contribution is 2.42. The van der Waals surface area contributed by atoms with E-state index in [9.17, 15) is 13.2 Å². The van der Waals surface area contributed by atoms with Gasteiger partial charge in [0.05, 0.1) is 11.4 Å². The lowest BCUT2D eigenvalue weighted by atomic mass is 10.1. The number of hydrogen-bond donors (Lipinski definition) is 1.